The molecule has 3 heterocycles. The molecule has 0 bridgehead atoms. The number of hydrogen-bond acceptors (Lipinski definition) is 11. The van der Waals surface area contributed by atoms with Gasteiger partial charge in [-0.1, -0.05) is 45.8 Å². The Morgan fingerprint density at radius 1 is 1.03 bits per heavy atom. The van der Waals surface area contributed by atoms with Crippen molar-refractivity contribution in [3.05, 3.63) is 35.9 Å². The fourth-order valence-corrected chi connectivity index (χ4v) is 10.3. The molecule has 1 aromatic carbocycles. The van der Waals surface area contributed by atoms with Crippen molar-refractivity contribution < 1.29 is 46.2 Å². The van der Waals surface area contributed by atoms with Crippen LogP contribution in [-0.2, 0) is 29.1 Å². The zero-order valence-corrected chi connectivity index (χ0v) is 41.0. The van der Waals surface area contributed by atoms with Crippen LogP contribution in [0.1, 0.15) is 126 Å². The van der Waals surface area contributed by atoms with Crippen LogP contribution in [0.3, 0.4) is 0 Å². The van der Waals surface area contributed by atoms with Crippen molar-refractivity contribution in [2.45, 2.75) is 185 Å². The Morgan fingerprint density at radius 3 is 2.37 bits per heavy atom. The number of alkyl carbamates (subject to hydrolysis) is 1. The van der Waals surface area contributed by atoms with Crippen LogP contribution < -0.4 is 29.3 Å². The van der Waals surface area contributed by atoms with Gasteiger partial charge in [-0.25, -0.2) is 18.2 Å². The summed E-state index contributed by atoms with van der Waals surface area (Å²) in [7, 11) is -6.24. The number of nitrogens with one attached hydrogen (secondary N) is 3. The molecular weight excluding hydrogens is 843 g/mol. The Hall–Kier alpha value is -4.38. The molecule has 5 unspecified atom stereocenters. The first-order valence-corrected chi connectivity index (χ1v) is 26.9. The summed E-state index contributed by atoms with van der Waals surface area (Å²) < 4.78 is 53.0. The molecule has 4 aliphatic rings. The van der Waals surface area contributed by atoms with Crippen LogP contribution in [0.4, 0.5) is 4.79 Å². The normalized spacial score (nSPS) is 25.5. The van der Waals surface area contributed by atoms with Crippen molar-refractivity contribution in [1.29, 1.82) is 0 Å². The van der Waals surface area contributed by atoms with Gasteiger partial charge in [0.15, 0.2) is 0 Å². The minimum Gasteiger partial charge on any atom is -0.543 e. The lowest BCUT2D eigenvalue weighted by molar-refractivity contribution is -0.141. The van der Waals surface area contributed by atoms with E-state index in [1.165, 1.54) is 4.90 Å². The van der Waals surface area contributed by atoms with Gasteiger partial charge in [-0.3, -0.25) is 19.1 Å². The molecule has 2 saturated carbocycles. The average molecular weight is 912 g/mol. The number of aromatic nitrogens is 1. The van der Waals surface area contributed by atoms with Crippen LogP contribution in [-0.4, -0.2) is 97.2 Å². The quantitative estimate of drug-likeness (QED) is 0.160. The zero-order chi connectivity index (χ0) is 46.5. The first-order chi connectivity index (χ1) is 29.2. The number of nitrogens with zero attached hydrogens (tertiary/aromatic N) is 2. The van der Waals surface area contributed by atoms with Crippen molar-refractivity contribution in [2.75, 3.05) is 6.54 Å². The summed E-state index contributed by atoms with van der Waals surface area (Å²) in [6, 6.07) is 3.36. The smallest absolute Gasteiger partial charge is 0.408 e. The molecule has 0 radical (unpaired) electrons. The molecule has 1 aromatic heterocycles. The lowest BCUT2D eigenvalue weighted by atomic mass is 10.0. The number of benzene rings is 1. The molecule has 2 aliphatic heterocycles. The van der Waals surface area contributed by atoms with Crippen molar-refractivity contribution in [1.82, 2.24) is 25.2 Å². The van der Waals surface area contributed by atoms with Crippen LogP contribution in [0.15, 0.2) is 30.4 Å². The number of carbonyl (C=O) groups excluding carboxylic acids is 4. The van der Waals surface area contributed by atoms with Crippen LogP contribution in [0.2, 0.25) is 18.1 Å². The monoisotopic (exact) mass is 911 g/mol. The minimum absolute atomic E-state index is 0.0288. The van der Waals surface area contributed by atoms with E-state index in [9.17, 15) is 27.6 Å². The maximum atomic E-state index is 14.8. The fraction of sp³-hybridized carbons (Fsp3) is 0.674. The molecule has 3 fully saturated rings. The molecule has 2 aliphatic carbocycles. The zero-order valence-electron chi connectivity index (χ0n) is 39.2. The summed E-state index contributed by atoms with van der Waals surface area (Å²) in [5.41, 5.74) is -0.927. The van der Waals surface area contributed by atoms with Crippen molar-refractivity contribution in [3.63, 3.8) is 0 Å². The number of rotatable bonds is 10. The first kappa shape index (κ1) is 48.1. The Balaban J connectivity index is 1.37. The Morgan fingerprint density at radius 2 is 1.73 bits per heavy atom. The summed E-state index contributed by atoms with van der Waals surface area (Å²) >= 11 is 0. The van der Waals surface area contributed by atoms with Gasteiger partial charge in [0.05, 0.1) is 22.9 Å². The summed E-state index contributed by atoms with van der Waals surface area (Å²) in [4.78, 5) is 63.0. The third kappa shape index (κ3) is 10.8. The highest BCUT2D eigenvalue weighted by Gasteiger charge is 2.63. The first-order valence-electron chi connectivity index (χ1n) is 22.5. The second-order valence-electron chi connectivity index (χ2n) is 21.0. The maximum Gasteiger partial charge on any atom is 0.408 e. The number of hydrogen-bond donors (Lipinski definition) is 3. The van der Waals surface area contributed by atoms with E-state index in [1.54, 1.807) is 33.8 Å². The van der Waals surface area contributed by atoms with Gasteiger partial charge in [-0.05, 0) is 117 Å². The standard InChI is InChI=1S/C46H69N5O10SSi/c1-28(2)58-37-25-36(32-20-21-35(29(3)38(32)48-37)61-63(11,12)44(7,8)9)59-31-24-34-39(52)49-46(41(54)50-62(56,57)45(10)22-23-45)26-30(46)18-16-14-13-15-17-19-33(40(53)51(34)27-31)47-42(55)60-43(4,5)6/h16,18,20-21,25,28,30-31,33-34H,13-15,17,19,22-24,26-27H2,1-12H3,(H,47,55)(H,49,52)(H,50,54). The van der Waals surface area contributed by atoms with Crippen LogP contribution >= 0.6 is 0 Å². The molecule has 63 heavy (non-hydrogen) atoms. The van der Waals surface area contributed by atoms with Crippen LogP contribution in [0, 0.1) is 12.8 Å². The highest BCUT2D eigenvalue weighted by Crippen LogP contribution is 2.48. The van der Waals surface area contributed by atoms with E-state index in [0.29, 0.717) is 54.6 Å². The van der Waals surface area contributed by atoms with Gasteiger partial charge in [0.25, 0.3) is 5.91 Å². The number of allylic oxidation sites excluding steroid dienone is 1. The van der Waals surface area contributed by atoms with E-state index in [1.807, 2.05) is 45.1 Å². The molecule has 3 N–H and O–H groups in total. The van der Waals surface area contributed by atoms with Gasteiger partial charge in [0.2, 0.25) is 36.0 Å². The van der Waals surface area contributed by atoms with Gasteiger partial charge in [0, 0.05) is 29.4 Å². The predicted octanol–water partition coefficient (Wildman–Crippen LogP) is 7.35. The number of sulfonamides is 1. The summed E-state index contributed by atoms with van der Waals surface area (Å²) in [5, 5.41) is 6.35. The lowest BCUT2D eigenvalue weighted by Gasteiger charge is -2.37. The van der Waals surface area contributed by atoms with Crippen LogP contribution in [0.25, 0.3) is 10.9 Å². The summed E-state index contributed by atoms with van der Waals surface area (Å²) in [5.74, 6) is -0.900. The maximum absolute atomic E-state index is 14.8. The molecule has 5 atom stereocenters. The third-order valence-electron chi connectivity index (χ3n) is 13.1. The second kappa shape index (κ2) is 17.5. The van der Waals surface area contributed by atoms with Gasteiger partial charge in [-0.15, -0.1) is 0 Å². The third-order valence-corrected chi connectivity index (χ3v) is 19.6. The molecule has 4 amide bonds. The summed E-state index contributed by atoms with van der Waals surface area (Å²) in [6.45, 7) is 23.4. The fourth-order valence-electron chi connectivity index (χ4n) is 7.87. The Bertz CT molecular complexity index is 2250. The molecule has 1 saturated heterocycles. The van der Waals surface area contributed by atoms with Crippen molar-refractivity contribution in [2.24, 2.45) is 5.92 Å². The highest BCUT2D eigenvalue weighted by atomic mass is 32.2. The number of fused-ring (bicyclic) bond motifs is 3. The number of aryl methyl sites for hydroxylation is 1. The highest BCUT2D eigenvalue weighted by molar-refractivity contribution is 7.91. The topological polar surface area (TPSA) is 192 Å². The largest absolute Gasteiger partial charge is 0.543 e. The number of pyridine rings is 1. The van der Waals surface area contributed by atoms with E-state index in [4.69, 9.17) is 23.6 Å². The van der Waals surface area contributed by atoms with Gasteiger partial charge in [0.1, 0.15) is 40.8 Å². The molecule has 17 heteroatoms. The SMILES string of the molecule is Cc1c(O[Si](C)(C)C(C)(C)C)ccc2c(OC3CC4C(=O)NC5(C(=O)NS(=O)(=O)C6(C)CC6)CC5C=CCCCCCC(NC(=O)OC(C)(C)C)C(=O)N4C3)cc(OC(C)C)nc12. The lowest BCUT2D eigenvalue weighted by Crippen LogP contribution is -2.58. The number of carbonyl (C=O) groups is 4. The molecule has 0 spiro atoms. The van der Waals surface area contributed by atoms with Gasteiger partial charge >= 0.3 is 6.09 Å². The van der Waals surface area contributed by atoms with E-state index in [-0.39, 0.29) is 30.5 Å². The molecule has 6 rings (SSSR count). The Kier molecular flexibility index (Phi) is 13.4. The van der Waals surface area contributed by atoms with E-state index >= 15 is 0 Å². The van der Waals surface area contributed by atoms with Crippen molar-refractivity contribution in [3.8, 4) is 17.4 Å². The van der Waals surface area contributed by atoms with E-state index in [0.717, 1.165) is 24.2 Å². The van der Waals surface area contributed by atoms with E-state index in [2.05, 4.69) is 49.2 Å². The van der Waals surface area contributed by atoms with Crippen molar-refractivity contribution >= 4 is 53.1 Å². The molecule has 2 aromatic rings. The van der Waals surface area contributed by atoms with Crippen LogP contribution in [0.5, 0.6) is 17.4 Å². The van der Waals surface area contributed by atoms with Gasteiger partial charge < -0.3 is 34.2 Å². The van der Waals surface area contributed by atoms with E-state index < -0.39 is 82.1 Å². The number of ether oxygens (including phenoxy) is 3. The summed E-state index contributed by atoms with van der Waals surface area (Å²) in [6.07, 6.45) is 6.34. The second-order valence-corrected chi connectivity index (χ2v) is 27.9. The molecule has 15 nitrogen and oxygen atoms in total. The van der Waals surface area contributed by atoms with Gasteiger partial charge in [-0.2, -0.15) is 0 Å². The minimum atomic E-state index is -4.02. The Labute approximate surface area is 374 Å². The molecule has 348 valence electrons. The predicted molar refractivity (Wildman–Crippen MR) is 244 cm³/mol. The molecular formula is C46H69N5O10SSi. The average Bonchev–Trinajstić information content (AvgIpc) is 4.03. The number of amides is 4.